The SMILES string of the molecule is COc1ccc(CCNS(=O)(=O)c2ccc(O[C@H](C)C(=O)NC(C)C)cc2)cc1. The molecule has 0 bridgehead atoms. The van der Waals surface area contributed by atoms with Gasteiger partial charge in [0.05, 0.1) is 12.0 Å². The second kappa shape index (κ2) is 10.3. The molecule has 0 fully saturated rings. The maximum absolute atomic E-state index is 12.4. The number of benzene rings is 2. The fourth-order valence-electron chi connectivity index (χ4n) is 2.56. The van der Waals surface area contributed by atoms with Crippen LogP contribution in [-0.4, -0.2) is 40.1 Å². The van der Waals surface area contributed by atoms with Crippen LogP contribution in [0.1, 0.15) is 26.3 Å². The zero-order valence-corrected chi connectivity index (χ0v) is 18.0. The van der Waals surface area contributed by atoms with Crippen molar-refractivity contribution in [1.82, 2.24) is 10.0 Å². The lowest BCUT2D eigenvalue weighted by atomic mass is 10.1. The highest BCUT2D eigenvalue weighted by Crippen LogP contribution is 2.17. The molecular weight excluding hydrogens is 392 g/mol. The van der Waals surface area contributed by atoms with E-state index in [-0.39, 0.29) is 23.4 Å². The van der Waals surface area contributed by atoms with Gasteiger partial charge in [0, 0.05) is 12.6 Å². The van der Waals surface area contributed by atoms with Crippen LogP contribution in [0.25, 0.3) is 0 Å². The fraction of sp³-hybridized carbons (Fsp3) is 0.381. The second-order valence-corrected chi connectivity index (χ2v) is 8.66. The molecule has 2 N–H and O–H groups in total. The summed E-state index contributed by atoms with van der Waals surface area (Å²) in [7, 11) is -2.03. The Morgan fingerprint density at radius 3 is 2.10 bits per heavy atom. The minimum absolute atomic E-state index is 0.0186. The summed E-state index contributed by atoms with van der Waals surface area (Å²) in [6, 6.07) is 13.5. The van der Waals surface area contributed by atoms with E-state index in [0.717, 1.165) is 11.3 Å². The Labute approximate surface area is 172 Å². The van der Waals surface area contributed by atoms with Crippen LogP contribution in [0.15, 0.2) is 53.4 Å². The summed E-state index contributed by atoms with van der Waals surface area (Å²) in [5.41, 5.74) is 1.01. The molecule has 0 aliphatic heterocycles. The zero-order chi connectivity index (χ0) is 21.4. The maximum Gasteiger partial charge on any atom is 0.260 e. The molecule has 0 saturated carbocycles. The van der Waals surface area contributed by atoms with E-state index >= 15 is 0 Å². The molecule has 0 heterocycles. The first-order valence-electron chi connectivity index (χ1n) is 9.41. The lowest BCUT2D eigenvalue weighted by Crippen LogP contribution is -2.40. The standard InChI is InChI=1S/C21H28N2O5S/c1-15(2)23-21(24)16(3)28-19-9-11-20(12-10-19)29(25,26)22-14-13-17-5-7-18(27-4)8-6-17/h5-12,15-16,22H,13-14H2,1-4H3,(H,23,24)/t16-/m1/s1. The Morgan fingerprint density at radius 1 is 0.966 bits per heavy atom. The molecule has 0 saturated heterocycles. The van der Waals surface area contributed by atoms with Crippen molar-refractivity contribution >= 4 is 15.9 Å². The molecule has 2 aromatic carbocycles. The van der Waals surface area contributed by atoms with Crippen molar-refractivity contribution in [3.05, 3.63) is 54.1 Å². The molecule has 29 heavy (non-hydrogen) atoms. The fourth-order valence-corrected chi connectivity index (χ4v) is 3.59. The summed E-state index contributed by atoms with van der Waals surface area (Å²) in [4.78, 5) is 12.0. The van der Waals surface area contributed by atoms with Crippen molar-refractivity contribution in [2.24, 2.45) is 0 Å². The highest BCUT2D eigenvalue weighted by Gasteiger charge is 2.17. The molecule has 0 spiro atoms. The van der Waals surface area contributed by atoms with Gasteiger partial charge in [0.1, 0.15) is 11.5 Å². The van der Waals surface area contributed by atoms with Crippen LogP contribution in [-0.2, 0) is 21.2 Å². The number of carbonyl (C=O) groups excluding carboxylic acids is 1. The molecule has 0 radical (unpaired) electrons. The van der Waals surface area contributed by atoms with Gasteiger partial charge in [-0.05, 0) is 69.2 Å². The highest BCUT2D eigenvalue weighted by atomic mass is 32.2. The number of rotatable bonds is 10. The molecule has 0 aliphatic carbocycles. The van der Waals surface area contributed by atoms with Gasteiger partial charge in [-0.25, -0.2) is 13.1 Å². The van der Waals surface area contributed by atoms with Gasteiger partial charge >= 0.3 is 0 Å². The Morgan fingerprint density at radius 2 is 1.55 bits per heavy atom. The smallest absolute Gasteiger partial charge is 0.260 e. The zero-order valence-electron chi connectivity index (χ0n) is 17.1. The Bertz CT molecular complexity index is 894. The summed E-state index contributed by atoms with van der Waals surface area (Å²) in [6.07, 6.45) is -0.116. The first-order valence-corrected chi connectivity index (χ1v) is 10.9. The van der Waals surface area contributed by atoms with Crippen molar-refractivity contribution in [2.75, 3.05) is 13.7 Å². The van der Waals surface area contributed by atoms with Gasteiger partial charge in [0.15, 0.2) is 6.10 Å². The third kappa shape index (κ3) is 7.07. The summed E-state index contributed by atoms with van der Waals surface area (Å²) >= 11 is 0. The predicted molar refractivity (Wildman–Crippen MR) is 112 cm³/mol. The van der Waals surface area contributed by atoms with Crippen molar-refractivity contribution in [3.63, 3.8) is 0 Å². The lowest BCUT2D eigenvalue weighted by Gasteiger charge is -2.16. The van der Waals surface area contributed by atoms with E-state index in [1.165, 1.54) is 24.3 Å². The van der Waals surface area contributed by atoms with Crippen LogP contribution in [0.4, 0.5) is 0 Å². The van der Waals surface area contributed by atoms with Crippen molar-refractivity contribution in [3.8, 4) is 11.5 Å². The summed E-state index contributed by atoms with van der Waals surface area (Å²) in [5.74, 6) is 0.957. The van der Waals surface area contributed by atoms with E-state index in [1.807, 2.05) is 38.1 Å². The number of nitrogens with one attached hydrogen (secondary N) is 2. The number of carbonyl (C=O) groups is 1. The predicted octanol–water partition coefficient (Wildman–Crippen LogP) is 2.51. The molecule has 1 amide bonds. The molecule has 1 atom stereocenters. The lowest BCUT2D eigenvalue weighted by molar-refractivity contribution is -0.127. The molecule has 0 unspecified atom stereocenters. The van der Waals surface area contributed by atoms with E-state index in [2.05, 4.69) is 10.0 Å². The van der Waals surface area contributed by atoms with Gasteiger partial charge in [0.2, 0.25) is 10.0 Å². The van der Waals surface area contributed by atoms with Crippen LogP contribution < -0.4 is 19.5 Å². The van der Waals surface area contributed by atoms with Gasteiger partial charge in [0.25, 0.3) is 5.91 Å². The number of ether oxygens (including phenoxy) is 2. The van der Waals surface area contributed by atoms with Crippen molar-refractivity contribution < 1.29 is 22.7 Å². The monoisotopic (exact) mass is 420 g/mol. The van der Waals surface area contributed by atoms with Gasteiger partial charge < -0.3 is 14.8 Å². The summed E-state index contributed by atoms with van der Waals surface area (Å²) in [6.45, 7) is 5.65. The van der Waals surface area contributed by atoms with Crippen molar-refractivity contribution in [2.45, 2.75) is 44.2 Å². The molecule has 2 aromatic rings. The van der Waals surface area contributed by atoms with E-state index in [0.29, 0.717) is 12.2 Å². The quantitative estimate of drug-likeness (QED) is 0.616. The third-order valence-electron chi connectivity index (χ3n) is 4.11. The minimum atomic E-state index is -3.63. The topological polar surface area (TPSA) is 93.7 Å². The third-order valence-corrected chi connectivity index (χ3v) is 5.59. The first-order chi connectivity index (χ1) is 13.7. The van der Waals surface area contributed by atoms with Gasteiger partial charge in [-0.15, -0.1) is 0 Å². The molecule has 0 aliphatic rings. The molecule has 158 valence electrons. The Balaban J connectivity index is 1.90. The molecular formula is C21H28N2O5S. The van der Waals surface area contributed by atoms with E-state index in [4.69, 9.17) is 9.47 Å². The average Bonchev–Trinajstić information content (AvgIpc) is 2.68. The number of hydrogen-bond donors (Lipinski definition) is 2. The van der Waals surface area contributed by atoms with Crippen LogP contribution >= 0.6 is 0 Å². The van der Waals surface area contributed by atoms with E-state index in [9.17, 15) is 13.2 Å². The second-order valence-electron chi connectivity index (χ2n) is 6.89. The molecule has 7 nitrogen and oxygen atoms in total. The Hall–Kier alpha value is -2.58. The van der Waals surface area contributed by atoms with Gasteiger partial charge in [-0.2, -0.15) is 0 Å². The maximum atomic E-state index is 12.4. The molecule has 2 rings (SSSR count). The van der Waals surface area contributed by atoms with E-state index in [1.54, 1.807) is 14.0 Å². The molecule has 8 heteroatoms. The normalized spacial score (nSPS) is 12.4. The van der Waals surface area contributed by atoms with Crippen LogP contribution in [0.2, 0.25) is 0 Å². The average molecular weight is 421 g/mol. The number of methoxy groups -OCH3 is 1. The van der Waals surface area contributed by atoms with E-state index < -0.39 is 16.1 Å². The minimum Gasteiger partial charge on any atom is -0.497 e. The number of hydrogen-bond acceptors (Lipinski definition) is 5. The van der Waals surface area contributed by atoms with Crippen LogP contribution in [0.5, 0.6) is 11.5 Å². The molecule has 0 aromatic heterocycles. The highest BCUT2D eigenvalue weighted by molar-refractivity contribution is 7.89. The first kappa shape index (κ1) is 22.7. The Kier molecular flexibility index (Phi) is 8.04. The van der Waals surface area contributed by atoms with Crippen molar-refractivity contribution in [1.29, 1.82) is 0 Å². The van der Waals surface area contributed by atoms with Gasteiger partial charge in [-0.3, -0.25) is 4.79 Å². The van der Waals surface area contributed by atoms with Crippen LogP contribution in [0, 0.1) is 0 Å². The van der Waals surface area contributed by atoms with Gasteiger partial charge in [-0.1, -0.05) is 12.1 Å². The van der Waals surface area contributed by atoms with Crippen LogP contribution in [0.3, 0.4) is 0 Å². The number of amides is 1. The summed E-state index contributed by atoms with van der Waals surface area (Å²) < 4.78 is 38.2. The number of sulfonamides is 1. The largest absolute Gasteiger partial charge is 0.497 e. The summed E-state index contributed by atoms with van der Waals surface area (Å²) in [5, 5.41) is 2.76.